The van der Waals surface area contributed by atoms with Gasteiger partial charge in [0.2, 0.25) is 5.90 Å². The topological polar surface area (TPSA) is 100 Å². The Kier molecular flexibility index (Phi) is 8.22. The zero-order valence-electron chi connectivity index (χ0n) is 18.7. The first-order valence-corrected chi connectivity index (χ1v) is 12.6. The SMILES string of the molecule is O=C(NO)[C@@]1(Cc2ccc(Br)cc2)N=C(c2ccc(OCCCO)cc2)O[C@H]1c1ccc(Br)cc1. The van der Waals surface area contributed by atoms with Crippen molar-refractivity contribution in [2.45, 2.75) is 24.5 Å². The second kappa shape index (κ2) is 11.3. The van der Waals surface area contributed by atoms with Gasteiger partial charge in [-0.2, -0.15) is 0 Å². The Hall–Kier alpha value is -2.72. The van der Waals surface area contributed by atoms with E-state index in [2.05, 4.69) is 31.9 Å². The Morgan fingerprint density at radius 1 is 1.00 bits per heavy atom. The average Bonchev–Trinajstić information content (AvgIpc) is 3.26. The molecule has 3 aromatic rings. The highest BCUT2D eigenvalue weighted by molar-refractivity contribution is 9.10. The minimum absolute atomic E-state index is 0.0630. The zero-order valence-corrected chi connectivity index (χ0v) is 21.8. The summed E-state index contributed by atoms with van der Waals surface area (Å²) in [6.45, 7) is 0.472. The van der Waals surface area contributed by atoms with E-state index in [4.69, 9.17) is 19.6 Å². The third-order valence-electron chi connectivity index (χ3n) is 5.69. The molecule has 9 heteroatoms. The van der Waals surface area contributed by atoms with Crippen LogP contribution in [0.3, 0.4) is 0 Å². The third kappa shape index (κ3) is 5.75. The lowest BCUT2D eigenvalue weighted by Gasteiger charge is -2.29. The molecule has 7 nitrogen and oxygen atoms in total. The Bertz CT molecular complexity index is 1180. The van der Waals surface area contributed by atoms with Crippen molar-refractivity contribution in [3.8, 4) is 5.75 Å². The van der Waals surface area contributed by atoms with Crippen LogP contribution in [0.1, 0.15) is 29.2 Å². The predicted molar refractivity (Wildman–Crippen MR) is 139 cm³/mol. The molecule has 3 aromatic carbocycles. The number of aliphatic hydroxyl groups excluding tert-OH is 1. The van der Waals surface area contributed by atoms with Crippen molar-refractivity contribution in [2.24, 2.45) is 4.99 Å². The van der Waals surface area contributed by atoms with E-state index >= 15 is 0 Å². The fourth-order valence-corrected chi connectivity index (χ4v) is 4.46. The van der Waals surface area contributed by atoms with Gasteiger partial charge in [-0.05, 0) is 59.7 Å². The molecule has 0 aromatic heterocycles. The maximum Gasteiger partial charge on any atom is 0.275 e. The van der Waals surface area contributed by atoms with Gasteiger partial charge < -0.3 is 14.6 Å². The summed E-state index contributed by atoms with van der Waals surface area (Å²) in [7, 11) is 0. The molecule has 0 saturated heterocycles. The Morgan fingerprint density at radius 3 is 2.23 bits per heavy atom. The number of carbonyl (C=O) groups is 1. The van der Waals surface area contributed by atoms with Crippen molar-refractivity contribution >= 4 is 43.7 Å². The minimum Gasteiger partial charge on any atom is -0.494 e. The van der Waals surface area contributed by atoms with Crippen LogP contribution in [0.4, 0.5) is 0 Å². The van der Waals surface area contributed by atoms with Crippen LogP contribution in [-0.4, -0.2) is 40.9 Å². The average molecular weight is 604 g/mol. The monoisotopic (exact) mass is 602 g/mol. The molecule has 1 aliphatic rings. The molecule has 35 heavy (non-hydrogen) atoms. The number of nitrogens with zero attached hydrogens (tertiary/aromatic N) is 1. The van der Waals surface area contributed by atoms with Gasteiger partial charge in [0.1, 0.15) is 5.75 Å². The summed E-state index contributed by atoms with van der Waals surface area (Å²) in [4.78, 5) is 18.0. The van der Waals surface area contributed by atoms with Crippen LogP contribution in [0.5, 0.6) is 5.75 Å². The van der Waals surface area contributed by atoms with Gasteiger partial charge in [0, 0.05) is 34.0 Å². The lowest BCUT2D eigenvalue weighted by atomic mass is 9.82. The Labute approximate surface area is 220 Å². The molecule has 182 valence electrons. The number of aliphatic imine (C=N–C) groups is 1. The zero-order chi connectivity index (χ0) is 24.8. The normalized spacial score (nSPS) is 19.1. The van der Waals surface area contributed by atoms with Crippen molar-refractivity contribution in [3.05, 3.63) is 98.4 Å². The second-order valence-electron chi connectivity index (χ2n) is 8.08. The number of ether oxygens (including phenoxy) is 2. The number of amides is 1. The fraction of sp³-hybridized carbons (Fsp3) is 0.231. The number of aliphatic hydroxyl groups is 1. The molecular formula is C26H24Br2N2O5. The third-order valence-corrected chi connectivity index (χ3v) is 6.75. The highest BCUT2D eigenvalue weighted by Crippen LogP contribution is 2.42. The number of nitrogens with one attached hydrogen (secondary N) is 1. The molecule has 0 unspecified atom stereocenters. The number of hydrogen-bond acceptors (Lipinski definition) is 6. The van der Waals surface area contributed by atoms with Crippen LogP contribution < -0.4 is 10.2 Å². The first-order chi connectivity index (χ1) is 16.9. The second-order valence-corrected chi connectivity index (χ2v) is 9.92. The molecule has 1 aliphatic heterocycles. The maximum atomic E-state index is 13.2. The van der Waals surface area contributed by atoms with E-state index in [-0.39, 0.29) is 13.0 Å². The molecule has 0 saturated carbocycles. The number of benzene rings is 3. The number of rotatable bonds is 9. The summed E-state index contributed by atoms with van der Waals surface area (Å²) >= 11 is 6.88. The quantitative estimate of drug-likeness (QED) is 0.182. The predicted octanol–water partition coefficient (Wildman–Crippen LogP) is 4.98. The van der Waals surface area contributed by atoms with Crippen molar-refractivity contribution in [1.29, 1.82) is 0 Å². The molecule has 0 bridgehead atoms. The molecule has 1 heterocycles. The maximum absolute atomic E-state index is 13.2. The fourth-order valence-electron chi connectivity index (χ4n) is 3.93. The molecule has 0 spiro atoms. The molecule has 0 aliphatic carbocycles. The van der Waals surface area contributed by atoms with Gasteiger partial charge >= 0.3 is 0 Å². The van der Waals surface area contributed by atoms with E-state index in [1.54, 1.807) is 24.3 Å². The molecule has 2 atom stereocenters. The van der Waals surface area contributed by atoms with Crippen LogP contribution >= 0.6 is 31.9 Å². The molecule has 0 fully saturated rings. The van der Waals surface area contributed by atoms with E-state index < -0.39 is 17.6 Å². The van der Waals surface area contributed by atoms with Gasteiger partial charge in [-0.1, -0.05) is 56.1 Å². The van der Waals surface area contributed by atoms with Gasteiger partial charge in [0.05, 0.1) is 6.61 Å². The summed E-state index contributed by atoms with van der Waals surface area (Å²) in [5.74, 6) is 0.285. The van der Waals surface area contributed by atoms with Crippen LogP contribution in [0.25, 0.3) is 0 Å². The van der Waals surface area contributed by atoms with Crippen molar-refractivity contribution < 1.29 is 24.6 Å². The standard InChI is InChI=1S/C26H24Br2N2O5/c27-20-8-2-17(3-9-20)16-26(25(32)30-33)23(18-4-10-21(28)11-5-18)35-24(29-26)19-6-12-22(13-7-19)34-15-1-14-31/h2-13,23,31,33H,1,14-16H2,(H,30,32)/t23-,26-/m0/s1. The first kappa shape index (κ1) is 25.4. The van der Waals surface area contributed by atoms with Gasteiger partial charge in [-0.15, -0.1) is 0 Å². The number of hydrogen-bond donors (Lipinski definition) is 3. The summed E-state index contributed by atoms with van der Waals surface area (Å²) in [5, 5.41) is 18.6. The Balaban J connectivity index is 1.74. The minimum atomic E-state index is -1.44. The first-order valence-electron chi connectivity index (χ1n) is 11.0. The van der Waals surface area contributed by atoms with Crippen molar-refractivity contribution in [3.63, 3.8) is 0 Å². The molecule has 3 N–H and O–H groups in total. The lowest BCUT2D eigenvalue weighted by Crippen LogP contribution is -2.49. The van der Waals surface area contributed by atoms with Gasteiger partial charge in [-0.3, -0.25) is 10.0 Å². The van der Waals surface area contributed by atoms with E-state index in [0.29, 0.717) is 30.2 Å². The highest BCUT2D eigenvalue weighted by atomic mass is 79.9. The van der Waals surface area contributed by atoms with E-state index in [0.717, 1.165) is 20.1 Å². The highest BCUT2D eigenvalue weighted by Gasteiger charge is 2.53. The summed E-state index contributed by atoms with van der Waals surface area (Å²) in [6, 6.07) is 22.3. The molecule has 4 rings (SSSR count). The number of hydroxylamine groups is 1. The van der Waals surface area contributed by atoms with Crippen molar-refractivity contribution in [2.75, 3.05) is 13.2 Å². The van der Waals surface area contributed by atoms with Crippen LogP contribution in [-0.2, 0) is 16.0 Å². The summed E-state index contributed by atoms with van der Waals surface area (Å²) < 4.78 is 13.7. The lowest BCUT2D eigenvalue weighted by molar-refractivity contribution is -0.137. The Morgan fingerprint density at radius 2 is 1.63 bits per heavy atom. The smallest absolute Gasteiger partial charge is 0.275 e. The van der Waals surface area contributed by atoms with E-state index in [1.807, 2.05) is 54.0 Å². The van der Waals surface area contributed by atoms with E-state index in [1.165, 1.54) is 0 Å². The molecule has 1 amide bonds. The van der Waals surface area contributed by atoms with Crippen molar-refractivity contribution in [1.82, 2.24) is 5.48 Å². The molecular weight excluding hydrogens is 580 g/mol. The molecule has 0 radical (unpaired) electrons. The van der Waals surface area contributed by atoms with Gasteiger partial charge in [0.15, 0.2) is 11.6 Å². The summed E-state index contributed by atoms with van der Waals surface area (Å²) in [6.07, 6.45) is -0.0255. The van der Waals surface area contributed by atoms with Gasteiger partial charge in [-0.25, -0.2) is 10.5 Å². The van der Waals surface area contributed by atoms with Gasteiger partial charge in [0.25, 0.3) is 5.91 Å². The largest absolute Gasteiger partial charge is 0.494 e. The van der Waals surface area contributed by atoms with Crippen LogP contribution in [0.15, 0.2) is 86.7 Å². The number of halogens is 2. The summed E-state index contributed by atoms with van der Waals surface area (Å²) in [5.41, 5.74) is 2.65. The van der Waals surface area contributed by atoms with Crippen LogP contribution in [0.2, 0.25) is 0 Å². The van der Waals surface area contributed by atoms with Crippen LogP contribution in [0, 0.1) is 0 Å². The van der Waals surface area contributed by atoms with E-state index in [9.17, 15) is 10.0 Å². The number of carbonyl (C=O) groups excluding carboxylic acids is 1.